The summed E-state index contributed by atoms with van der Waals surface area (Å²) in [5, 5.41) is 6.34. The van der Waals surface area contributed by atoms with Crippen molar-refractivity contribution in [3.8, 4) is 0 Å². The van der Waals surface area contributed by atoms with Crippen LogP contribution >= 0.6 is 0 Å². The Morgan fingerprint density at radius 3 is 2.27 bits per heavy atom. The van der Waals surface area contributed by atoms with E-state index in [0.29, 0.717) is 12.0 Å². The molecule has 0 bridgehead atoms. The van der Waals surface area contributed by atoms with Gasteiger partial charge in [0, 0.05) is 31.1 Å². The topological polar surface area (TPSA) is 61.4 Å². The first-order chi connectivity index (χ1) is 12.5. The van der Waals surface area contributed by atoms with Crippen molar-refractivity contribution in [2.24, 2.45) is 11.3 Å². The number of nitrogens with one attached hydrogen (secondary N) is 2. The van der Waals surface area contributed by atoms with Crippen LogP contribution in [-0.4, -0.2) is 42.9 Å². The molecule has 5 nitrogen and oxygen atoms in total. The van der Waals surface area contributed by atoms with Gasteiger partial charge in [0.1, 0.15) is 0 Å². The van der Waals surface area contributed by atoms with Crippen LogP contribution < -0.4 is 10.6 Å². The van der Waals surface area contributed by atoms with E-state index in [1.807, 2.05) is 43.0 Å². The highest BCUT2D eigenvalue weighted by Crippen LogP contribution is 2.39. The number of carbonyl (C=O) groups is 2. The summed E-state index contributed by atoms with van der Waals surface area (Å²) in [6.45, 7) is 8.22. The summed E-state index contributed by atoms with van der Waals surface area (Å²) >= 11 is 0. The Labute approximate surface area is 156 Å². The molecule has 1 aromatic carbocycles. The van der Waals surface area contributed by atoms with Gasteiger partial charge in [0.2, 0.25) is 5.91 Å². The van der Waals surface area contributed by atoms with E-state index in [1.165, 1.54) is 12.8 Å². The lowest BCUT2D eigenvalue weighted by Crippen LogP contribution is -2.47. The second-order valence-corrected chi connectivity index (χ2v) is 8.11. The Balaban J connectivity index is 1.53. The van der Waals surface area contributed by atoms with Gasteiger partial charge >= 0.3 is 0 Å². The van der Waals surface area contributed by atoms with Gasteiger partial charge in [-0.15, -0.1) is 0 Å². The van der Waals surface area contributed by atoms with Crippen LogP contribution in [0.1, 0.15) is 55.5 Å². The van der Waals surface area contributed by atoms with Crippen LogP contribution in [0.5, 0.6) is 0 Å². The van der Waals surface area contributed by atoms with E-state index >= 15 is 0 Å². The molecule has 5 heteroatoms. The number of carbonyl (C=O) groups excluding carboxylic acids is 2. The van der Waals surface area contributed by atoms with Gasteiger partial charge in [-0.05, 0) is 61.9 Å². The summed E-state index contributed by atoms with van der Waals surface area (Å²) in [6.07, 6.45) is 4.73. The number of hydrogen-bond acceptors (Lipinski definition) is 3. The number of rotatable bonds is 4. The van der Waals surface area contributed by atoms with Crippen LogP contribution in [0.2, 0.25) is 0 Å². The molecule has 2 aliphatic rings. The van der Waals surface area contributed by atoms with Crippen molar-refractivity contribution < 1.29 is 9.59 Å². The van der Waals surface area contributed by atoms with E-state index in [9.17, 15) is 9.59 Å². The predicted molar refractivity (Wildman–Crippen MR) is 103 cm³/mol. The molecule has 2 fully saturated rings. The maximum atomic E-state index is 12.8. The Hall–Kier alpha value is -1.88. The highest BCUT2D eigenvalue weighted by molar-refractivity contribution is 5.94. The van der Waals surface area contributed by atoms with E-state index in [4.69, 9.17) is 0 Å². The molecule has 0 aliphatic carbocycles. The van der Waals surface area contributed by atoms with Crippen molar-refractivity contribution in [1.29, 1.82) is 0 Å². The van der Waals surface area contributed by atoms with Crippen LogP contribution in [0.25, 0.3) is 0 Å². The quantitative estimate of drug-likeness (QED) is 0.871. The summed E-state index contributed by atoms with van der Waals surface area (Å²) in [4.78, 5) is 26.4. The molecule has 2 aliphatic heterocycles. The van der Waals surface area contributed by atoms with Crippen molar-refractivity contribution in [3.63, 3.8) is 0 Å². The third-order valence-electron chi connectivity index (χ3n) is 5.97. The molecular weight excluding hydrogens is 326 g/mol. The molecule has 0 saturated carbocycles. The van der Waals surface area contributed by atoms with E-state index in [0.717, 1.165) is 50.1 Å². The Morgan fingerprint density at radius 1 is 1.08 bits per heavy atom. The van der Waals surface area contributed by atoms with Gasteiger partial charge in [0.15, 0.2) is 0 Å². The molecule has 2 N–H and O–H groups in total. The standard InChI is InChI=1S/C21H31N3O2/c1-16(2)19(25)23-15-17-3-5-18(6-4-17)20(26)24-13-9-21(10-14-24)7-11-22-12-8-21/h3-6,16,22H,7-15H2,1-2H3,(H,23,25). The fourth-order valence-corrected chi connectivity index (χ4v) is 3.98. The van der Waals surface area contributed by atoms with Gasteiger partial charge in [-0.25, -0.2) is 0 Å². The Morgan fingerprint density at radius 2 is 1.69 bits per heavy atom. The van der Waals surface area contributed by atoms with Crippen molar-refractivity contribution in [2.45, 2.75) is 46.1 Å². The zero-order valence-electron chi connectivity index (χ0n) is 16.0. The molecular formula is C21H31N3O2. The molecule has 2 amide bonds. The lowest BCUT2D eigenvalue weighted by atomic mass is 9.71. The van der Waals surface area contributed by atoms with Gasteiger partial charge in [-0.1, -0.05) is 26.0 Å². The first kappa shape index (κ1) is 18.9. The minimum Gasteiger partial charge on any atom is -0.352 e. The van der Waals surface area contributed by atoms with Gasteiger partial charge in [-0.3, -0.25) is 9.59 Å². The molecule has 142 valence electrons. The summed E-state index contributed by atoms with van der Waals surface area (Å²) < 4.78 is 0. The Kier molecular flexibility index (Phi) is 5.97. The lowest BCUT2D eigenvalue weighted by Gasteiger charge is -2.44. The van der Waals surface area contributed by atoms with Crippen LogP contribution in [0.3, 0.4) is 0 Å². The molecule has 1 spiro atoms. The van der Waals surface area contributed by atoms with Crippen LogP contribution in [0.4, 0.5) is 0 Å². The summed E-state index contributed by atoms with van der Waals surface area (Å²) in [7, 11) is 0. The van der Waals surface area contributed by atoms with E-state index in [2.05, 4.69) is 10.6 Å². The molecule has 26 heavy (non-hydrogen) atoms. The van der Waals surface area contributed by atoms with Crippen LogP contribution in [0.15, 0.2) is 24.3 Å². The summed E-state index contributed by atoms with van der Waals surface area (Å²) in [5.74, 6) is 0.162. The number of amides is 2. The molecule has 0 radical (unpaired) electrons. The number of likely N-dealkylation sites (tertiary alicyclic amines) is 1. The highest BCUT2D eigenvalue weighted by Gasteiger charge is 2.36. The monoisotopic (exact) mass is 357 g/mol. The smallest absolute Gasteiger partial charge is 0.253 e. The fourth-order valence-electron chi connectivity index (χ4n) is 3.98. The van der Waals surface area contributed by atoms with Gasteiger partial charge in [-0.2, -0.15) is 0 Å². The number of benzene rings is 1. The lowest BCUT2D eigenvalue weighted by molar-refractivity contribution is -0.124. The van der Waals surface area contributed by atoms with E-state index < -0.39 is 0 Å². The van der Waals surface area contributed by atoms with Gasteiger partial charge < -0.3 is 15.5 Å². The maximum absolute atomic E-state index is 12.8. The second kappa shape index (κ2) is 8.21. The molecule has 2 saturated heterocycles. The summed E-state index contributed by atoms with van der Waals surface area (Å²) in [5.41, 5.74) is 2.22. The van der Waals surface area contributed by atoms with E-state index in [1.54, 1.807) is 0 Å². The normalized spacial score (nSPS) is 19.6. The fraction of sp³-hybridized carbons (Fsp3) is 0.619. The van der Waals surface area contributed by atoms with Crippen molar-refractivity contribution >= 4 is 11.8 Å². The number of hydrogen-bond donors (Lipinski definition) is 2. The van der Waals surface area contributed by atoms with Gasteiger partial charge in [0.05, 0.1) is 0 Å². The zero-order chi connectivity index (χ0) is 18.6. The SMILES string of the molecule is CC(C)C(=O)NCc1ccc(C(=O)N2CCC3(CCNCC3)CC2)cc1. The summed E-state index contributed by atoms with van der Waals surface area (Å²) in [6, 6.07) is 7.64. The third-order valence-corrected chi connectivity index (χ3v) is 5.97. The average Bonchev–Trinajstić information content (AvgIpc) is 2.67. The van der Waals surface area contributed by atoms with Gasteiger partial charge in [0.25, 0.3) is 5.91 Å². The second-order valence-electron chi connectivity index (χ2n) is 8.11. The molecule has 0 unspecified atom stereocenters. The number of nitrogens with zero attached hydrogens (tertiary/aromatic N) is 1. The molecule has 2 heterocycles. The molecule has 3 rings (SSSR count). The van der Waals surface area contributed by atoms with Crippen molar-refractivity contribution in [3.05, 3.63) is 35.4 Å². The molecule has 0 aromatic heterocycles. The van der Waals surface area contributed by atoms with Crippen molar-refractivity contribution in [1.82, 2.24) is 15.5 Å². The maximum Gasteiger partial charge on any atom is 0.253 e. The van der Waals surface area contributed by atoms with E-state index in [-0.39, 0.29) is 17.7 Å². The zero-order valence-corrected chi connectivity index (χ0v) is 16.0. The highest BCUT2D eigenvalue weighted by atomic mass is 16.2. The first-order valence-electron chi connectivity index (χ1n) is 9.86. The largest absolute Gasteiger partial charge is 0.352 e. The minimum atomic E-state index is -0.0156. The Bertz CT molecular complexity index is 623. The third kappa shape index (κ3) is 4.44. The average molecular weight is 357 g/mol. The predicted octanol–water partition coefficient (Wildman–Crippen LogP) is 2.56. The number of piperidine rings is 2. The van der Waals surface area contributed by atoms with Crippen molar-refractivity contribution in [2.75, 3.05) is 26.2 Å². The molecule has 0 atom stereocenters. The van der Waals surface area contributed by atoms with Crippen LogP contribution in [0, 0.1) is 11.3 Å². The first-order valence-corrected chi connectivity index (χ1v) is 9.86. The minimum absolute atomic E-state index is 0.0156. The van der Waals surface area contributed by atoms with Crippen LogP contribution in [-0.2, 0) is 11.3 Å². The molecule has 1 aromatic rings.